The van der Waals surface area contributed by atoms with Gasteiger partial charge in [-0.25, -0.2) is 0 Å². The number of rotatable bonds is 3. The van der Waals surface area contributed by atoms with Crippen LogP contribution in [-0.4, -0.2) is 11.7 Å². The lowest BCUT2D eigenvalue weighted by molar-refractivity contribution is 0.588. The van der Waals surface area contributed by atoms with Gasteiger partial charge in [0.15, 0.2) is 0 Å². The van der Waals surface area contributed by atoms with E-state index in [1.165, 1.54) is 76.9 Å². The van der Waals surface area contributed by atoms with E-state index in [0.29, 0.717) is 0 Å². The van der Waals surface area contributed by atoms with Crippen LogP contribution in [0.15, 0.2) is 160 Å². The van der Waals surface area contributed by atoms with Crippen LogP contribution in [0.1, 0.15) is 105 Å². The Morgan fingerprint density at radius 1 is 0.478 bits per heavy atom. The molecule has 0 N–H and O–H groups in total. The van der Waals surface area contributed by atoms with Crippen molar-refractivity contribution >= 4 is 90.9 Å². The third-order valence-electron chi connectivity index (χ3n) is 14.9. The summed E-state index contributed by atoms with van der Waals surface area (Å²) >= 11 is 1.94. The van der Waals surface area contributed by atoms with Crippen molar-refractivity contribution in [3.8, 4) is 22.4 Å². The summed E-state index contributed by atoms with van der Waals surface area (Å²) in [4.78, 5) is 12.5. The molecule has 5 heterocycles. The molecule has 69 heavy (non-hydrogen) atoms. The zero-order valence-electron chi connectivity index (χ0n) is 42.1. The molecule has 0 amide bonds. The predicted octanol–water partition coefficient (Wildman–Crippen LogP) is 16.1. The fourth-order valence-corrected chi connectivity index (χ4v) is 12.1. The van der Waals surface area contributed by atoms with Gasteiger partial charge in [0, 0.05) is 55.1 Å². The van der Waals surface area contributed by atoms with Crippen LogP contribution in [0.2, 0.25) is 0 Å². The first-order valence-corrected chi connectivity index (χ1v) is 25.5. The molecule has 0 saturated heterocycles. The molecule has 0 spiro atoms. The zero-order valence-corrected chi connectivity index (χ0v) is 42.9. The largest absolute Gasteiger partial charge is 0.455 e. The highest BCUT2D eigenvalue weighted by Gasteiger charge is 2.47. The molecule has 2 aromatic heterocycles. The number of aromatic nitrogens is 1. The van der Waals surface area contributed by atoms with E-state index >= 15 is 0 Å². The Hall–Kier alpha value is -6.50. The van der Waals surface area contributed by atoms with E-state index in [4.69, 9.17) is 9.40 Å². The second-order valence-electron chi connectivity index (χ2n) is 23.8. The summed E-state index contributed by atoms with van der Waals surface area (Å²) in [5.41, 5.74) is 22.6. The smallest absolute Gasteiger partial charge is 0.252 e. The number of fused-ring (bicyclic) bond motifs is 9. The van der Waals surface area contributed by atoms with Crippen LogP contribution < -0.4 is 26.2 Å². The second-order valence-corrected chi connectivity index (χ2v) is 24.8. The zero-order chi connectivity index (χ0) is 48.1. The van der Waals surface area contributed by atoms with Crippen LogP contribution in [0.25, 0.3) is 44.3 Å². The summed E-state index contributed by atoms with van der Waals surface area (Å²) < 4.78 is 6.89. The van der Waals surface area contributed by atoms with Gasteiger partial charge in [0.1, 0.15) is 11.2 Å². The fourth-order valence-electron chi connectivity index (χ4n) is 10.9. The van der Waals surface area contributed by atoms with Gasteiger partial charge < -0.3 is 14.2 Å². The number of hydrogen-bond acceptors (Lipinski definition) is 5. The van der Waals surface area contributed by atoms with Crippen molar-refractivity contribution in [2.75, 3.05) is 9.80 Å². The number of para-hydroxylation sites is 1. The van der Waals surface area contributed by atoms with E-state index in [1.807, 2.05) is 30.1 Å². The third-order valence-corrected chi connectivity index (χ3v) is 16.0. The maximum Gasteiger partial charge on any atom is 0.252 e. The molecule has 342 valence electrons. The number of benzene rings is 7. The van der Waals surface area contributed by atoms with E-state index in [-0.39, 0.29) is 28.4 Å². The first-order chi connectivity index (χ1) is 32.7. The first-order valence-electron chi connectivity index (χ1n) is 24.6. The Labute approximate surface area is 412 Å². The van der Waals surface area contributed by atoms with E-state index in [2.05, 4.69) is 220 Å². The number of anilines is 6. The molecule has 0 aliphatic carbocycles. The summed E-state index contributed by atoms with van der Waals surface area (Å²) in [6, 6.07) is 53.1. The lowest BCUT2D eigenvalue weighted by atomic mass is 9.33. The maximum absolute atomic E-state index is 6.89. The molecule has 0 unspecified atom stereocenters. The monoisotopic (exact) mass is 917 g/mol. The van der Waals surface area contributed by atoms with Crippen LogP contribution in [0.4, 0.5) is 34.1 Å². The Morgan fingerprint density at radius 3 is 1.80 bits per heavy atom. The van der Waals surface area contributed by atoms with Crippen molar-refractivity contribution in [1.29, 1.82) is 0 Å². The average Bonchev–Trinajstić information content (AvgIpc) is 3.69. The minimum Gasteiger partial charge on any atom is -0.455 e. The molecule has 3 aliphatic rings. The van der Waals surface area contributed by atoms with Gasteiger partial charge in [-0.1, -0.05) is 156 Å². The van der Waals surface area contributed by atoms with Crippen LogP contribution in [-0.2, 0) is 21.7 Å². The van der Waals surface area contributed by atoms with Crippen LogP contribution in [0.5, 0.6) is 0 Å². The van der Waals surface area contributed by atoms with Gasteiger partial charge in [-0.15, -0.1) is 0 Å². The molecule has 12 rings (SSSR count). The van der Waals surface area contributed by atoms with E-state index in [0.717, 1.165) is 50.0 Å². The molecule has 0 saturated carbocycles. The summed E-state index contributed by atoms with van der Waals surface area (Å²) in [5, 5.41) is 2.19. The fraction of sp³-hybridized carbons (Fsp3) is 0.254. The number of pyridine rings is 1. The highest BCUT2D eigenvalue weighted by Crippen LogP contribution is 2.56. The van der Waals surface area contributed by atoms with E-state index < -0.39 is 0 Å². The Kier molecular flexibility index (Phi) is 9.52. The number of furan rings is 1. The lowest BCUT2D eigenvalue weighted by Crippen LogP contribution is -2.62. The van der Waals surface area contributed by atoms with Gasteiger partial charge in [0.25, 0.3) is 6.71 Å². The molecule has 4 nitrogen and oxygen atoms in total. The SMILES string of the molecule is CC(C)(C)c1ccc(N2c3ccc(C(C)(C)C)cc3B3c4cc(C(C)(C)C)cc5c4N(c4ccc(C(C)(C)C)cc4S5)c4cc(-c5ccc6c(c5)oc5c(-c7ccccn7)cccc56)cc2c43)cc1. The molecule has 0 atom stereocenters. The first kappa shape index (κ1) is 43.8. The topological polar surface area (TPSA) is 32.5 Å². The molecule has 7 aromatic carbocycles. The molecular formula is C63H60BN3OS. The maximum atomic E-state index is 6.89. The number of nitrogens with zero attached hydrogens (tertiary/aromatic N) is 3. The highest BCUT2D eigenvalue weighted by atomic mass is 32.2. The van der Waals surface area contributed by atoms with Gasteiger partial charge in [-0.3, -0.25) is 4.98 Å². The Morgan fingerprint density at radius 2 is 1.12 bits per heavy atom. The molecule has 3 aliphatic heterocycles. The highest BCUT2D eigenvalue weighted by molar-refractivity contribution is 7.99. The van der Waals surface area contributed by atoms with E-state index in [9.17, 15) is 0 Å². The van der Waals surface area contributed by atoms with E-state index in [1.54, 1.807) is 0 Å². The molecule has 0 fully saturated rings. The standard InChI is InChI=1S/C63H60BN3OS/c1-60(2,3)39-20-24-43(25-21-39)66-50-27-22-40(61(4,5)6)33-47(50)64-48-34-42(63(10,11)12)36-56-58(48)67(51-28-23-41(62(7,8)9)35-55(51)69-56)53-31-38(30-52(66)57(53)64)37-19-26-44-45-16-15-17-46(49-18-13-14-29-65-49)59(45)68-54(44)32-37/h13-36H,1-12H3. The van der Waals surface area contributed by atoms with Crippen LogP contribution in [0, 0.1) is 0 Å². The van der Waals surface area contributed by atoms with Crippen molar-refractivity contribution in [3.63, 3.8) is 0 Å². The summed E-state index contributed by atoms with van der Waals surface area (Å²) in [7, 11) is 0. The third kappa shape index (κ3) is 6.99. The summed E-state index contributed by atoms with van der Waals surface area (Å²) in [6.07, 6.45) is 1.85. The molecule has 9 aromatic rings. The molecule has 0 bridgehead atoms. The number of hydrogen-bond donors (Lipinski definition) is 0. The van der Waals surface area contributed by atoms with Crippen molar-refractivity contribution in [1.82, 2.24) is 4.98 Å². The van der Waals surface area contributed by atoms with Crippen molar-refractivity contribution in [3.05, 3.63) is 168 Å². The van der Waals surface area contributed by atoms with Crippen LogP contribution >= 0.6 is 11.8 Å². The molecular weight excluding hydrogens is 858 g/mol. The van der Waals surface area contributed by atoms with Crippen LogP contribution in [0.3, 0.4) is 0 Å². The van der Waals surface area contributed by atoms with Gasteiger partial charge in [0.05, 0.1) is 17.1 Å². The van der Waals surface area contributed by atoms with Gasteiger partial charge in [-0.2, -0.15) is 0 Å². The predicted molar refractivity (Wildman–Crippen MR) is 295 cm³/mol. The summed E-state index contributed by atoms with van der Waals surface area (Å²) in [5.74, 6) is 0. The molecule has 6 heteroatoms. The van der Waals surface area contributed by atoms with Crippen molar-refractivity contribution in [2.24, 2.45) is 0 Å². The minimum absolute atomic E-state index is 0.00221. The van der Waals surface area contributed by atoms with Crippen molar-refractivity contribution < 1.29 is 4.42 Å². The minimum atomic E-state index is -0.0588. The average molecular weight is 918 g/mol. The normalized spacial score (nSPS) is 14.2. The molecule has 0 radical (unpaired) electrons. The Balaban J connectivity index is 1.17. The van der Waals surface area contributed by atoms with Gasteiger partial charge in [-0.05, 0) is 150 Å². The quantitative estimate of drug-likeness (QED) is 0.165. The van der Waals surface area contributed by atoms with Gasteiger partial charge in [0.2, 0.25) is 0 Å². The Bertz CT molecular complexity index is 3580. The summed E-state index contributed by atoms with van der Waals surface area (Å²) in [6.45, 7) is 28.0. The van der Waals surface area contributed by atoms with Gasteiger partial charge >= 0.3 is 0 Å². The van der Waals surface area contributed by atoms with Crippen molar-refractivity contribution in [2.45, 2.75) is 115 Å². The second kappa shape index (κ2) is 15.0. The lowest BCUT2D eigenvalue weighted by Gasteiger charge is -2.47.